The highest BCUT2D eigenvalue weighted by atomic mass is 32.2. The predicted octanol–water partition coefficient (Wildman–Crippen LogP) is 3.77. The maximum Gasteiger partial charge on any atom is 0.186 e. The van der Waals surface area contributed by atoms with E-state index in [1.54, 1.807) is 33.9 Å². The van der Waals surface area contributed by atoms with Gasteiger partial charge in [0.2, 0.25) is 0 Å². The van der Waals surface area contributed by atoms with E-state index >= 15 is 0 Å². The Labute approximate surface area is 136 Å². The number of sulfone groups is 1. The maximum absolute atomic E-state index is 12.6. The van der Waals surface area contributed by atoms with E-state index in [1.165, 1.54) is 23.9 Å². The van der Waals surface area contributed by atoms with E-state index in [2.05, 4.69) is 4.99 Å². The van der Waals surface area contributed by atoms with Crippen molar-refractivity contribution in [2.45, 2.75) is 44.3 Å². The van der Waals surface area contributed by atoms with E-state index in [-0.39, 0.29) is 15.7 Å². The number of hydrogen-bond acceptors (Lipinski definition) is 6. The van der Waals surface area contributed by atoms with Crippen LogP contribution in [0.1, 0.15) is 40.2 Å². The largest absolute Gasteiger partial charge is 0.507 e. The molecule has 0 aliphatic heterocycles. The SMILES string of the molecule is CC=Nc1cc(O)c(S(=O)(=O)C(C)(C)C)cc1C(=N)SCC. The zero-order valence-corrected chi connectivity index (χ0v) is 15.1. The van der Waals surface area contributed by atoms with Gasteiger partial charge in [0.1, 0.15) is 10.6 Å². The van der Waals surface area contributed by atoms with Crippen molar-refractivity contribution in [1.82, 2.24) is 0 Å². The van der Waals surface area contributed by atoms with Gasteiger partial charge in [-0.2, -0.15) is 0 Å². The molecule has 0 aliphatic carbocycles. The van der Waals surface area contributed by atoms with E-state index in [1.807, 2.05) is 6.92 Å². The number of aromatic hydroxyl groups is 1. The van der Waals surface area contributed by atoms with E-state index < -0.39 is 14.6 Å². The van der Waals surface area contributed by atoms with Gasteiger partial charge in [0.05, 0.1) is 15.5 Å². The summed E-state index contributed by atoms with van der Waals surface area (Å²) in [5.41, 5.74) is 0.796. The van der Waals surface area contributed by atoms with Crippen molar-refractivity contribution >= 4 is 38.5 Å². The molecule has 0 atom stereocenters. The van der Waals surface area contributed by atoms with E-state index in [9.17, 15) is 13.5 Å². The fourth-order valence-electron chi connectivity index (χ4n) is 1.75. The average Bonchev–Trinajstić information content (AvgIpc) is 2.37. The van der Waals surface area contributed by atoms with Gasteiger partial charge in [0.25, 0.3) is 0 Å². The van der Waals surface area contributed by atoms with Gasteiger partial charge in [-0.3, -0.25) is 10.4 Å². The second-order valence-corrected chi connectivity index (χ2v) is 9.55. The number of nitrogens with one attached hydrogen (secondary N) is 1. The van der Waals surface area contributed by atoms with Gasteiger partial charge < -0.3 is 5.11 Å². The highest BCUT2D eigenvalue weighted by Gasteiger charge is 2.34. The van der Waals surface area contributed by atoms with Crippen molar-refractivity contribution < 1.29 is 13.5 Å². The molecule has 7 heteroatoms. The molecule has 0 bridgehead atoms. The first-order chi connectivity index (χ1) is 10.1. The molecule has 5 nitrogen and oxygen atoms in total. The van der Waals surface area contributed by atoms with Gasteiger partial charge in [-0.25, -0.2) is 8.42 Å². The van der Waals surface area contributed by atoms with Crippen molar-refractivity contribution in [2.24, 2.45) is 4.99 Å². The quantitative estimate of drug-likeness (QED) is 0.644. The predicted molar refractivity (Wildman–Crippen MR) is 93.8 cm³/mol. The molecule has 0 unspecified atom stereocenters. The molecule has 0 amide bonds. The molecule has 0 heterocycles. The molecular weight excluding hydrogens is 320 g/mol. The summed E-state index contributed by atoms with van der Waals surface area (Å²) < 4.78 is 24.2. The lowest BCUT2D eigenvalue weighted by atomic mass is 10.2. The van der Waals surface area contributed by atoms with E-state index in [0.29, 0.717) is 17.0 Å². The van der Waals surface area contributed by atoms with Gasteiger partial charge in [-0.15, -0.1) is 11.8 Å². The first-order valence-electron chi connectivity index (χ1n) is 6.88. The molecule has 2 N–H and O–H groups in total. The fourth-order valence-corrected chi connectivity index (χ4v) is 3.63. The van der Waals surface area contributed by atoms with Gasteiger partial charge in [0, 0.05) is 17.8 Å². The third-order valence-electron chi connectivity index (χ3n) is 2.97. The van der Waals surface area contributed by atoms with Crippen LogP contribution in [-0.2, 0) is 9.84 Å². The topological polar surface area (TPSA) is 90.6 Å². The molecule has 22 heavy (non-hydrogen) atoms. The van der Waals surface area contributed by atoms with Crippen LogP contribution in [0.3, 0.4) is 0 Å². The number of benzene rings is 1. The molecule has 0 radical (unpaired) electrons. The van der Waals surface area contributed by atoms with Crippen molar-refractivity contribution in [1.29, 1.82) is 5.41 Å². The van der Waals surface area contributed by atoms with Crippen molar-refractivity contribution in [3.8, 4) is 5.75 Å². The number of phenols is 1. The number of rotatable bonds is 4. The van der Waals surface area contributed by atoms with Gasteiger partial charge in [0.15, 0.2) is 9.84 Å². The monoisotopic (exact) mass is 342 g/mol. The maximum atomic E-state index is 12.6. The van der Waals surface area contributed by atoms with Crippen molar-refractivity contribution in [2.75, 3.05) is 5.75 Å². The van der Waals surface area contributed by atoms with Crippen LogP contribution in [0, 0.1) is 5.41 Å². The Hall–Kier alpha value is -1.34. The van der Waals surface area contributed by atoms with Crippen LogP contribution in [-0.4, -0.2) is 35.3 Å². The summed E-state index contributed by atoms with van der Waals surface area (Å²) in [4.78, 5) is 3.96. The minimum Gasteiger partial charge on any atom is -0.507 e. The van der Waals surface area contributed by atoms with Crippen LogP contribution in [0.25, 0.3) is 0 Å². The van der Waals surface area contributed by atoms with Crippen molar-refractivity contribution in [3.05, 3.63) is 17.7 Å². The van der Waals surface area contributed by atoms with Crippen molar-refractivity contribution in [3.63, 3.8) is 0 Å². The van der Waals surface area contributed by atoms with E-state index in [0.717, 1.165) is 0 Å². The zero-order valence-electron chi connectivity index (χ0n) is 13.5. The third kappa shape index (κ3) is 3.70. The van der Waals surface area contributed by atoms with Crippen LogP contribution in [0.5, 0.6) is 5.75 Å². The second kappa shape index (κ2) is 6.83. The minimum atomic E-state index is -3.72. The molecular formula is C15H22N2O3S2. The summed E-state index contributed by atoms with van der Waals surface area (Å²) in [6.45, 7) is 8.36. The fraction of sp³-hybridized carbons (Fsp3) is 0.467. The smallest absolute Gasteiger partial charge is 0.186 e. The lowest BCUT2D eigenvalue weighted by Gasteiger charge is -2.21. The van der Waals surface area contributed by atoms with Crippen LogP contribution >= 0.6 is 11.8 Å². The normalized spacial score (nSPS) is 12.8. The van der Waals surface area contributed by atoms with Crippen LogP contribution < -0.4 is 0 Å². The van der Waals surface area contributed by atoms with Crippen LogP contribution in [0.15, 0.2) is 22.0 Å². The van der Waals surface area contributed by atoms with Crippen LogP contribution in [0.4, 0.5) is 5.69 Å². The molecule has 1 aromatic carbocycles. The molecule has 0 saturated heterocycles. The Morgan fingerprint density at radius 3 is 2.45 bits per heavy atom. The summed E-state index contributed by atoms with van der Waals surface area (Å²) in [6.07, 6.45) is 1.54. The summed E-state index contributed by atoms with van der Waals surface area (Å²) >= 11 is 1.29. The number of thioether (sulfide) groups is 1. The third-order valence-corrected chi connectivity index (χ3v) is 6.29. The first kappa shape index (κ1) is 18.7. The standard InChI is InChI=1S/C15H22N2O3S2/c1-6-17-11-9-12(18)13(22(19,20)15(3,4)5)8-10(11)14(16)21-7-2/h6,8-9,16,18H,7H2,1-5H3. The molecule has 0 spiro atoms. The van der Waals surface area contributed by atoms with Gasteiger partial charge in [-0.05, 0) is 39.5 Å². The Bertz CT molecular complexity index is 702. The highest BCUT2D eigenvalue weighted by Crippen LogP contribution is 2.37. The average molecular weight is 342 g/mol. The number of aliphatic imine (C=N–C) groups is 1. The Balaban J connectivity index is 3.64. The summed E-state index contributed by atoms with van der Waals surface area (Å²) in [5, 5.41) is 18.4. The van der Waals surface area contributed by atoms with Crippen LogP contribution in [0.2, 0.25) is 0 Å². The van der Waals surface area contributed by atoms with Gasteiger partial charge in [-0.1, -0.05) is 6.92 Å². The summed E-state index contributed by atoms with van der Waals surface area (Å²) in [7, 11) is -3.72. The molecule has 122 valence electrons. The molecule has 0 fully saturated rings. The number of phenolic OH excluding ortho intramolecular Hbond substituents is 1. The number of nitrogens with zero attached hydrogens (tertiary/aromatic N) is 1. The summed E-state index contributed by atoms with van der Waals surface area (Å²) in [5.74, 6) is 0.352. The molecule has 1 rings (SSSR count). The van der Waals surface area contributed by atoms with Gasteiger partial charge >= 0.3 is 0 Å². The lowest BCUT2D eigenvalue weighted by molar-refractivity contribution is 0.456. The molecule has 0 saturated carbocycles. The Morgan fingerprint density at radius 1 is 1.41 bits per heavy atom. The molecule has 0 aromatic heterocycles. The summed E-state index contributed by atoms with van der Waals surface area (Å²) in [6, 6.07) is 2.65. The molecule has 0 aliphatic rings. The Kier molecular flexibility index (Phi) is 5.81. The minimum absolute atomic E-state index is 0.161. The second-order valence-electron chi connectivity index (χ2n) is 5.60. The highest BCUT2D eigenvalue weighted by molar-refractivity contribution is 8.14. The number of hydrogen-bond donors (Lipinski definition) is 2. The van der Waals surface area contributed by atoms with E-state index in [4.69, 9.17) is 5.41 Å². The Morgan fingerprint density at radius 2 is 2.00 bits per heavy atom. The zero-order chi connectivity index (χ0) is 17.1. The lowest BCUT2D eigenvalue weighted by Crippen LogP contribution is -2.28. The molecule has 1 aromatic rings. The first-order valence-corrected chi connectivity index (χ1v) is 9.35.